The molecular weight excluding hydrogens is 335 g/mol. The largest absolute Gasteiger partial charge is 0.507 e. The lowest BCUT2D eigenvalue weighted by Gasteiger charge is -2.29. The molecule has 2 aromatic heterocycles. The van der Waals surface area contributed by atoms with E-state index in [4.69, 9.17) is 0 Å². The summed E-state index contributed by atoms with van der Waals surface area (Å²) in [6, 6.07) is 5.74. The van der Waals surface area contributed by atoms with Gasteiger partial charge in [-0.2, -0.15) is 0 Å². The van der Waals surface area contributed by atoms with E-state index in [0.29, 0.717) is 16.6 Å². The molecule has 2 heterocycles. The zero-order valence-electron chi connectivity index (χ0n) is 14.1. The summed E-state index contributed by atoms with van der Waals surface area (Å²) in [5, 5.41) is 33.2. The van der Waals surface area contributed by atoms with Gasteiger partial charge >= 0.3 is 0 Å². The van der Waals surface area contributed by atoms with Crippen molar-refractivity contribution in [3.05, 3.63) is 42.5 Å². The van der Waals surface area contributed by atoms with Crippen molar-refractivity contribution in [2.75, 3.05) is 5.32 Å². The van der Waals surface area contributed by atoms with E-state index in [1.54, 1.807) is 18.5 Å². The molecular formula is C19H19FN4O2. The Balaban J connectivity index is 1.81. The Morgan fingerprint density at radius 2 is 1.92 bits per heavy atom. The van der Waals surface area contributed by atoms with Gasteiger partial charge in [0, 0.05) is 23.2 Å². The predicted molar refractivity (Wildman–Crippen MR) is 96.3 cm³/mol. The van der Waals surface area contributed by atoms with Gasteiger partial charge in [-0.15, -0.1) is 10.2 Å². The molecule has 3 aromatic rings. The average Bonchev–Trinajstić information content (AvgIpc) is 2.65. The van der Waals surface area contributed by atoms with E-state index in [1.165, 1.54) is 18.2 Å². The fourth-order valence-corrected chi connectivity index (χ4v) is 3.49. The number of pyridine rings is 1. The smallest absolute Gasteiger partial charge is 0.158 e. The second-order valence-corrected chi connectivity index (χ2v) is 6.56. The summed E-state index contributed by atoms with van der Waals surface area (Å²) in [7, 11) is 0. The molecule has 7 heteroatoms. The first-order valence-corrected chi connectivity index (χ1v) is 8.68. The van der Waals surface area contributed by atoms with Gasteiger partial charge in [-0.3, -0.25) is 4.98 Å². The minimum Gasteiger partial charge on any atom is -0.507 e. The number of hydrogen-bond acceptors (Lipinski definition) is 6. The molecule has 1 aliphatic rings. The van der Waals surface area contributed by atoms with Gasteiger partial charge in [0.1, 0.15) is 17.3 Å². The van der Waals surface area contributed by atoms with Crippen LogP contribution in [-0.2, 0) is 0 Å². The van der Waals surface area contributed by atoms with Crippen LogP contribution in [0.2, 0.25) is 0 Å². The number of nitrogens with one attached hydrogen (secondary N) is 1. The highest BCUT2D eigenvalue weighted by atomic mass is 19.1. The molecule has 26 heavy (non-hydrogen) atoms. The van der Waals surface area contributed by atoms with Gasteiger partial charge < -0.3 is 15.5 Å². The molecule has 0 spiro atoms. The Morgan fingerprint density at radius 1 is 1.08 bits per heavy atom. The van der Waals surface area contributed by atoms with Crippen LogP contribution in [0, 0.1) is 5.82 Å². The van der Waals surface area contributed by atoms with Crippen LogP contribution in [0.4, 0.5) is 10.2 Å². The van der Waals surface area contributed by atoms with Gasteiger partial charge in [-0.25, -0.2) is 4.39 Å². The number of aromatic hydroxyl groups is 1. The molecule has 0 unspecified atom stereocenters. The van der Waals surface area contributed by atoms with Crippen LogP contribution in [0.1, 0.15) is 25.7 Å². The van der Waals surface area contributed by atoms with Crippen molar-refractivity contribution in [2.24, 2.45) is 0 Å². The van der Waals surface area contributed by atoms with Crippen molar-refractivity contribution in [1.29, 1.82) is 0 Å². The van der Waals surface area contributed by atoms with Crippen molar-refractivity contribution in [1.82, 2.24) is 15.2 Å². The maximum atomic E-state index is 14.3. The normalized spacial score (nSPS) is 20.2. The molecule has 4 rings (SSSR count). The van der Waals surface area contributed by atoms with Gasteiger partial charge in [0.05, 0.1) is 17.7 Å². The van der Waals surface area contributed by atoms with E-state index < -0.39 is 11.9 Å². The number of aliphatic hydroxyl groups excluding tert-OH is 1. The van der Waals surface area contributed by atoms with Crippen LogP contribution < -0.4 is 5.32 Å². The Bertz CT molecular complexity index is 930. The van der Waals surface area contributed by atoms with Crippen LogP contribution in [0.5, 0.6) is 5.75 Å². The van der Waals surface area contributed by atoms with Crippen LogP contribution in [0.25, 0.3) is 22.0 Å². The van der Waals surface area contributed by atoms with Crippen molar-refractivity contribution < 1.29 is 14.6 Å². The highest BCUT2D eigenvalue weighted by Crippen LogP contribution is 2.36. The molecule has 1 aromatic carbocycles. The van der Waals surface area contributed by atoms with Gasteiger partial charge in [0.25, 0.3) is 0 Å². The monoisotopic (exact) mass is 354 g/mol. The molecule has 6 nitrogen and oxygen atoms in total. The van der Waals surface area contributed by atoms with Crippen LogP contribution in [0.3, 0.4) is 0 Å². The maximum absolute atomic E-state index is 14.3. The molecule has 134 valence electrons. The summed E-state index contributed by atoms with van der Waals surface area (Å²) in [4.78, 5) is 4.14. The van der Waals surface area contributed by atoms with E-state index >= 15 is 0 Å². The van der Waals surface area contributed by atoms with E-state index in [0.717, 1.165) is 25.7 Å². The summed E-state index contributed by atoms with van der Waals surface area (Å²) in [5.41, 5.74) is 0.271. The first-order chi connectivity index (χ1) is 12.6. The van der Waals surface area contributed by atoms with Crippen LogP contribution in [0.15, 0.2) is 36.7 Å². The summed E-state index contributed by atoms with van der Waals surface area (Å²) < 4.78 is 14.3. The first kappa shape index (κ1) is 16.7. The number of anilines is 1. The van der Waals surface area contributed by atoms with Crippen molar-refractivity contribution >= 4 is 16.6 Å². The number of hydrogen-bond donors (Lipinski definition) is 3. The lowest BCUT2D eigenvalue weighted by molar-refractivity contribution is 0.116. The number of rotatable bonds is 3. The quantitative estimate of drug-likeness (QED) is 0.669. The number of aromatic nitrogens is 3. The minimum absolute atomic E-state index is 0.0143. The van der Waals surface area contributed by atoms with Crippen molar-refractivity contribution in [3.8, 4) is 17.0 Å². The molecule has 0 radical (unpaired) electrons. The molecule has 0 aliphatic heterocycles. The number of fused-ring (bicyclic) bond motifs is 1. The second kappa shape index (κ2) is 6.84. The lowest BCUT2D eigenvalue weighted by atomic mass is 9.92. The SMILES string of the molecule is Oc1cccc(F)c1-c1nnc(N[C@@H]2CCCC[C@H]2O)c2cnccc12. The highest BCUT2D eigenvalue weighted by molar-refractivity contribution is 6.00. The van der Waals surface area contributed by atoms with Crippen molar-refractivity contribution in [3.63, 3.8) is 0 Å². The van der Waals surface area contributed by atoms with Gasteiger partial charge in [0.2, 0.25) is 0 Å². The van der Waals surface area contributed by atoms with Crippen molar-refractivity contribution in [2.45, 2.75) is 37.8 Å². The predicted octanol–water partition coefficient (Wildman–Crippen LogP) is 3.25. The van der Waals surface area contributed by atoms with E-state index in [9.17, 15) is 14.6 Å². The van der Waals surface area contributed by atoms with E-state index in [-0.39, 0.29) is 23.0 Å². The Kier molecular flexibility index (Phi) is 4.38. The third-order valence-corrected chi connectivity index (χ3v) is 4.86. The number of benzene rings is 1. The van der Waals surface area contributed by atoms with Crippen LogP contribution in [-0.4, -0.2) is 37.5 Å². The molecule has 1 fully saturated rings. The summed E-state index contributed by atoms with van der Waals surface area (Å²) in [6.07, 6.45) is 6.43. The first-order valence-electron chi connectivity index (χ1n) is 8.68. The molecule has 3 N–H and O–H groups in total. The third-order valence-electron chi connectivity index (χ3n) is 4.86. The number of halogens is 1. The molecule has 0 saturated heterocycles. The lowest BCUT2D eigenvalue weighted by Crippen LogP contribution is -2.36. The Hall–Kier alpha value is -2.80. The zero-order valence-corrected chi connectivity index (χ0v) is 14.1. The average molecular weight is 354 g/mol. The van der Waals surface area contributed by atoms with E-state index in [2.05, 4.69) is 20.5 Å². The number of phenolic OH excluding ortho intramolecular Hbond substituents is 1. The molecule has 1 aliphatic carbocycles. The summed E-state index contributed by atoms with van der Waals surface area (Å²) >= 11 is 0. The van der Waals surface area contributed by atoms with Crippen LogP contribution >= 0.6 is 0 Å². The number of phenols is 1. The Labute approximate surface area is 149 Å². The summed E-state index contributed by atoms with van der Waals surface area (Å²) in [6.45, 7) is 0. The maximum Gasteiger partial charge on any atom is 0.158 e. The summed E-state index contributed by atoms with van der Waals surface area (Å²) in [5.74, 6) is -0.264. The second-order valence-electron chi connectivity index (χ2n) is 6.56. The topological polar surface area (TPSA) is 91.2 Å². The fraction of sp³-hybridized carbons (Fsp3) is 0.316. The molecule has 1 saturated carbocycles. The minimum atomic E-state index is -0.569. The fourth-order valence-electron chi connectivity index (χ4n) is 3.49. The number of aliphatic hydroxyl groups is 1. The molecule has 2 atom stereocenters. The number of nitrogens with zero attached hydrogens (tertiary/aromatic N) is 3. The van der Waals surface area contributed by atoms with E-state index in [1.807, 2.05) is 0 Å². The van der Waals surface area contributed by atoms with Gasteiger partial charge in [-0.1, -0.05) is 18.9 Å². The zero-order chi connectivity index (χ0) is 18.1. The standard InChI is InChI=1S/C19H19FN4O2/c20-13-4-3-7-16(26)17(13)18-11-8-9-21-10-12(11)19(24-23-18)22-14-5-1-2-6-15(14)25/h3-4,7-10,14-15,25-26H,1-2,5-6H2,(H,22,24)/t14-,15-/m1/s1. The molecule has 0 amide bonds. The highest BCUT2D eigenvalue weighted by Gasteiger charge is 2.25. The van der Waals surface area contributed by atoms with Gasteiger partial charge in [0.15, 0.2) is 5.82 Å². The van der Waals surface area contributed by atoms with Gasteiger partial charge in [-0.05, 0) is 31.0 Å². The Morgan fingerprint density at radius 3 is 2.73 bits per heavy atom. The third kappa shape index (κ3) is 2.94. The molecule has 0 bridgehead atoms.